The molecule has 4 nitrogen and oxygen atoms in total. The molecule has 2 N–H and O–H groups in total. The Kier molecular flexibility index (Phi) is 4.52. The summed E-state index contributed by atoms with van der Waals surface area (Å²) in [5, 5.41) is 0. The fourth-order valence-corrected chi connectivity index (χ4v) is 3.67. The molecule has 0 aromatic carbocycles. The first kappa shape index (κ1) is 14.4. The van der Waals surface area contributed by atoms with Gasteiger partial charge in [0.25, 0.3) is 0 Å². The van der Waals surface area contributed by atoms with Gasteiger partial charge in [-0.25, -0.2) is 8.42 Å². The summed E-state index contributed by atoms with van der Waals surface area (Å²) in [6.45, 7) is 0. The molecule has 96 valence electrons. The topological polar surface area (TPSA) is 73.0 Å². The lowest BCUT2D eigenvalue weighted by molar-refractivity contribution is 0.379. The fraction of sp³-hybridized carbons (Fsp3) is 0.545. The lowest BCUT2D eigenvalue weighted by Crippen LogP contribution is -2.48. The zero-order chi connectivity index (χ0) is 11.6. The van der Waals surface area contributed by atoms with Gasteiger partial charge in [-0.3, -0.25) is 4.98 Å². The molecule has 0 spiro atoms. The van der Waals surface area contributed by atoms with Gasteiger partial charge in [-0.2, -0.15) is 0 Å². The van der Waals surface area contributed by atoms with Gasteiger partial charge in [0.05, 0.1) is 11.5 Å². The highest BCUT2D eigenvalue weighted by atomic mass is 35.5. The van der Waals surface area contributed by atoms with Gasteiger partial charge in [0.15, 0.2) is 0 Å². The van der Waals surface area contributed by atoms with E-state index in [0.717, 1.165) is 5.56 Å². The number of hydrogen-bond donors (Lipinski definition) is 1. The molecule has 6 heteroatoms. The molecule has 0 atom stereocenters. The summed E-state index contributed by atoms with van der Waals surface area (Å²) in [6.07, 6.45) is 5.31. The molecule has 1 aliphatic rings. The van der Waals surface area contributed by atoms with Crippen LogP contribution in [0.3, 0.4) is 0 Å². The quantitative estimate of drug-likeness (QED) is 0.873. The SMILES string of the molecule is Cl.NC1(Cc2cccnc2)CCS(=O)(=O)CC1. The van der Waals surface area contributed by atoms with Crippen molar-refractivity contribution in [2.45, 2.75) is 24.8 Å². The van der Waals surface area contributed by atoms with Crippen LogP contribution in [0.1, 0.15) is 18.4 Å². The molecule has 1 saturated heterocycles. The van der Waals surface area contributed by atoms with Crippen LogP contribution in [0.15, 0.2) is 24.5 Å². The van der Waals surface area contributed by atoms with Crippen molar-refractivity contribution in [2.24, 2.45) is 5.73 Å². The molecule has 0 unspecified atom stereocenters. The van der Waals surface area contributed by atoms with E-state index in [9.17, 15) is 8.42 Å². The lowest BCUT2D eigenvalue weighted by Gasteiger charge is -2.33. The molecular weight excluding hydrogens is 260 g/mol. The minimum Gasteiger partial charge on any atom is -0.325 e. The van der Waals surface area contributed by atoms with Crippen LogP contribution in [0, 0.1) is 0 Å². The van der Waals surface area contributed by atoms with Crippen LogP contribution in [0.5, 0.6) is 0 Å². The second-order valence-electron chi connectivity index (χ2n) is 4.55. The van der Waals surface area contributed by atoms with Crippen molar-refractivity contribution in [3.05, 3.63) is 30.1 Å². The zero-order valence-corrected chi connectivity index (χ0v) is 11.1. The molecule has 1 aromatic heterocycles. The van der Waals surface area contributed by atoms with Gasteiger partial charge in [0, 0.05) is 17.9 Å². The van der Waals surface area contributed by atoms with E-state index < -0.39 is 9.84 Å². The van der Waals surface area contributed by atoms with Crippen LogP contribution in [-0.2, 0) is 16.3 Å². The van der Waals surface area contributed by atoms with Crippen molar-refractivity contribution in [3.63, 3.8) is 0 Å². The van der Waals surface area contributed by atoms with E-state index in [2.05, 4.69) is 4.98 Å². The molecule has 2 rings (SSSR count). The van der Waals surface area contributed by atoms with E-state index in [1.54, 1.807) is 12.4 Å². The Balaban J connectivity index is 0.00000144. The highest BCUT2D eigenvalue weighted by molar-refractivity contribution is 7.91. The predicted molar refractivity (Wildman–Crippen MR) is 70.0 cm³/mol. The summed E-state index contributed by atoms with van der Waals surface area (Å²) in [7, 11) is -2.84. The van der Waals surface area contributed by atoms with Crippen molar-refractivity contribution >= 4 is 22.2 Å². The number of nitrogens with zero attached hydrogens (tertiary/aromatic N) is 1. The normalized spacial score (nSPS) is 21.5. The number of aromatic nitrogens is 1. The second-order valence-corrected chi connectivity index (χ2v) is 6.86. The Morgan fingerprint density at radius 2 is 2.00 bits per heavy atom. The van der Waals surface area contributed by atoms with Crippen LogP contribution in [0.25, 0.3) is 0 Å². The van der Waals surface area contributed by atoms with Crippen LogP contribution in [0.2, 0.25) is 0 Å². The molecule has 0 amide bonds. The summed E-state index contributed by atoms with van der Waals surface area (Å²) >= 11 is 0. The van der Waals surface area contributed by atoms with Gasteiger partial charge >= 0.3 is 0 Å². The van der Waals surface area contributed by atoms with Crippen LogP contribution in [0.4, 0.5) is 0 Å². The minimum absolute atomic E-state index is 0. The largest absolute Gasteiger partial charge is 0.325 e. The Morgan fingerprint density at radius 3 is 2.53 bits per heavy atom. The van der Waals surface area contributed by atoms with Gasteiger partial charge in [0.2, 0.25) is 0 Å². The van der Waals surface area contributed by atoms with Gasteiger partial charge < -0.3 is 5.73 Å². The number of nitrogens with two attached hydrogens (primary N) is 1. The monoisotopic (exact) mass is 276 g/mol. The maximum Gasteiger partial charge on any atom is 0.150 e. The van der Waals surface area contributed by atoms with Gasteiger partial charge in [0.1, 0.15) is 9.84 Å². The summed E-state index contributed by atoms with van der Waals surface area (Å²) in [5.41, 5.74) is 6.91. The van der Waals surface area contributed by atoms with E-state index in [1.807, 2.05) is 12.1 Å². The standard InChI is InChI=1S/C11H16N2O2S.ClH/c12-11(3-6-16(14,15)7-4-11)8-10-2-1-5-13-9-10;/h1-2,5,9H,3-4,6-8,12H2;1H. The predicted octanol–water partition coefficient (Wildman–Crippen LogP) is 0.952. The number of rotatable bonds is 2. The number of hydrogen-bond acceptors (Lipinski definition) is 4. The summed E-state index contributed by atoms with van der Waals surface area (Å²) < 4.78 is 22.6. The molecule has 17 heavy (non-hydrogen) atoms. The average Bonchev–Trinajstić information content (AvgIpc) is 2.25. The first-order valence-corrected chi connectivity index (χ1v) is 7.20. The molecule has 0 radical (unpaired) electrons. The Labute approximate surface area is 108 Å². The third-order valence-corrected chi connectivity index (χ3v) is 4.75. The van der Waals surface area contributed by atoms with Gasteiger partial charge in [-0.15, -0.1) is 12.4 Å². The van der Waals surface area contributed by atoms with Crippen molar-refractivity contribution in [3.8, 4) is 0 Å². The van der Waals surface area contributed by atoms with Crippen molar-refractivity contribution < 1.29 is 8.42 Å². The van der Waals surface area contributed by atoms with Crippen LogP contribution >= 0.6 is 12.4 Å². The minimum atomic E-state index is -2.84. The van der Waals surface area contributed by atoms with E-state index in [0.29, 0.717) is 19.3 Å². The molecule has 0 saturated carbocycles. The van der Waals surface area contributed by atoms with Crippen molar-refractivity contribution in [1.82, 2.24) is 4.98 Å². The number of halogens is 1. The van der Waals surface area contributed by atoms with Crippen molar-refractivity contribution in [2.75, 3.05) is 11.5 Å². The molecule has 1 aromatic rings. The number of sulfone groups is 1. The Morgan fingerprint density at radius 1 is 1.35 bits per heavy atom. The highest BCUT2D eigenvalue weighted by Crippen LogP contribution is 2.24. The number of pyridine rings is 1. The maximum absolute atomic E-state index is 11.3. The molecule has 1 aliphatic heterocycles. The maximum atomic E-state index is 11.3. The van der Waals surface area contributed by atoms with Crippen molar-refractivity contribution in [1.29, 1.82) is 0 Å². The van der Waals surface area contributed by atoms with Crippen LogP contribution in [-0.4, -0.2) is 30.4 Å². The van der Waals surface area contributed by atoms with Gasteiger partial charge in [-0.1, -0.05) is 6.07 Å². The summed E-state index contributed by atoms with van der Waals surface area (Å²) in [6, 6.07) is 3.85. The second kappa shape index (κ2) is 5.33. The molecule has 0 bridgehead atoms. The third-order valence-electron chi connectivity index (χ3n) is 3.10. The zero-order valence-electron chi connectivity index (χ0n) is 9.50. The molecule has 1 fully saturated rings. The summed E-state index contributed by atoms with van der Waals surface area (Å²) in [4.78, 5) is 4.04. The molecule has 2 heterocycles. The summed E-state index contributed by atoms with van der Waals surface area (Å²) in [5.74, 6) is 0.424. The third kappa shape index (κ3) is 3.94. The average molecular weight is 277 g/mol. The molecule has 0 aliphatic carbocycles. The Hall–Kier alpha value is -0.650. The lowest BCUT2D eigenvalue weighted by atomic mass is 9.87. The molecular formula is C11H17ClN2O2S. The first-order chi connectivity index (χ1) is 7.49. The van der Waals surface area contributed by atoms with Gasteiger partial charge in [-0.05, 0) is 30.9 Å². The smallest absolute Gasteiger partial charge is 0.150 e. The van der Waals surface area contributed by atoms with E-state index in [4.69, 9.17) is 5.73 Å². The first-order valence-electron chi connectivity index (χ1n) is 5.37. The van der Waals surface area contributed by atoms with E-state index >= 15 is 0 Å². The Bertz CT molecular complexity index is 448. The fourth-order valence-electron chi connectivity index (χ4n) is 2.03. The van der Waals surface area contributed by atoms with E-state index in [1.165, 1.54) is 0 Å². The van der Waals surface area contributed by atoms with E-state index in [-0.39, 0.29) is 29.5 Å². The highest BCUT2D eigenvalue weighted by Gasteiger charge is 2.33. The van der Waals surface area contributed by atoms with Crippen LogP contribution < -0.4 is 5.73 Å².